The van der Waals surface area contributed by atoms with Crippen LogP contribution in [0.25, 0.3) is 0 Å². The van der Waals surface area contributed by atoms with Gasteiger partial charge in [-0.1, -0.05) is 37.6 Å². The predicted octanol–water partition coefficient (Wildman–Crippen LogP) is 4.43. The Balaban J connectivity index is 1.97. The minimum absolute atomic E-state index is 0.0178. The van der Waals surface area contributed by atoms with Crippen molar-refractivity contribution in [2.75, 3.05) is 0 Å². The Morgan fingerprint density at radius 2 is 2.00 bits per heavy atom. The fraction of sp³-hybridized carbons (Fsp3) is 0.625. The molecule has 0 atom stereocenters. The standard InChI is InChI=1S/C16H24ClN/c1-12(2)14-6-8-16(18,9-7-14)11-13-4-3-5-15(17)10-13/h3-5,10,12,14H,6-9,11,18H2,1-2H3. The first kappa shape index (κ1) is 13.9. The average molecular weight is 266 g/mol. The summed E-state index contributed by atoms with van der Waals surface area (Å²) in [4.78, 5) is 0. The molecule has 18 heavy (non-hydrogen) atoms. The minimum atomic E-state index is -0.0178. The third-order valence-electron chi connectivity index (χ3n) is 4.41. The summed E-state index contributed by atoms with van der Waals surface area (Å²) in [6, 6.07) is 8.12. The molecular formula is C16H24ClN. The van der Waals surface area contributed by atoms with Crippen molar-refractivity contribution in [2.45, 2.75) is 51.5 Å². The summed E-state index contributed by atoms with van der Waals surface area (Å²) in [5.74, 6) is 1.65. The number of nitrogens with two attached hydrogens (primary N) is 1. The summed E-state index contributed by atoms with van der Waals surface area (Å²) in [5, 5.41) is 0.812. The molecule has 1 nitrogen and oxygen atoms in total. The molecule has 0 radical (unpaired) electrons. The number of benzene rings is 1. The highest BCUT2D eigenvalue weighted by Crippen LogP contribution is 2.36. The molecule has 100 valence electrons. The van der Waals surface area contributed by atoms with E-state index in [1.165, 1.54) is 18.4 Å². The molecule has 1 aliphatic carbocycles. The molecule has 0 unspecified atom stereocenters. The van der Waals surface area contributed by atoms with E-state index in [0.717, 1.165) is 36.1 Å². The summed E-state index contributed by atoms with van der Waals surface area (Å²) in [6.07, 6.45) is 5.78. The van der Waals surface area contributed by atoms with E-state index in [4.69, 9.17) is 17.3 Å². The number of hydrogen-bond donors (Lipinski definition) is 1. The fourth-order valence-electron chi connectivity index (χ4n) is 3.11. The quantitative estimate of drug-likeness (QED) is 0.860. The Hall–Kier alpha value is -0.530. The highest BCUT2D eigenvalue weighted by molar-refractivity contribution is 6.30. The van der Waals surface area contributed by atoms with Crippen LogP contribution in [0.1, 0.15) is 45.1 Å². The Bertz CT molecular complexity index is 392. The van der Waals surface area contributed by atoms with E-state index in [0.29, 0.717) is 0 Å². The first-order chi connectivity index (χ1) is 8.48. The molecule has 0 spiro atoms. The van der Waals surface area contributed by atoms with Crippen LogP contribution in [0.3, 0.4) is 0 Å². The molecule has 2 heteroatoms. The molecular weight excluding hydrogens is 242 g/mol. The van der Waals surface area contributed by atoms with Gasteiger partial charge in [-0.05, 0) is 61.6 Å². The first-order valence-corrected chi connectivity index (χ1v) is 7.40. The number of halogens is 1. The Morgan fingerprint density at radius 1 is 1.33 bits per heavy atom. The molecule has 0 aromatic heterocycles. The summed E-state index contributed by atoms with van der Waals surface area (Å²) < 4.78 is 0. The van der Waals surface area contributed by atoms with Crippen molar-refractivity contribution in [2.24, 2.45) is 17.6 Å². The van der Waals surface area contributed by atoms with Gasteiger partial charge in [0.2, 0.25) is 0 Å². The van der Waals surface area contributed by atoms with Crippen LogP contribution in [-0.4, -0.2) is 5.54 Å². The van der Waals surface area contributed by atoms with Gasteiger partial charge in [0.1, 0.15) is 0 Å². The van der Waals surface area contributed by atoms with Gasteiger partial charge in [-0.15, -0.1) is 0 Å². The lowest BCUT2D eigenvalue weighted by atomic mass is 9.71. The van der Waals surface area contributed by atoms with E-state index in [1.54, 1.807) is 0 Å². The SMILES string of the molecule is CC(C)C1CCC(N)(Cc2cccc(Cl)c2)CC1. The van der Waals surface area contributed by atoms with Crippen LogP contribution in [0.4, 0.5) is 0 Å². The minimum Gasteiger partial charge on any atom is -0.325 e. The highest BCUT2D eigenvalue weighted by atomic mass is 35.5. The highest BCUT2D eigenvalue weighted by Gasteiger charge is 2.32. The second kappa shape index (κ2) is 5.63. The summed E-state index contributed by atoms with van der Waals surface area (Å²) >= 11 is 6.03. The summed E-state index contributed by atoms with van der Waals surface area (Å²) in [5.41, 5.74) is 7.81. The van der Waals surface area contributed by atoms with Gasteiger partial charge in [0.25, 0.3) is 0 Å². The maximum Gasteiger partial charge on any atom is 0.0408 e. The normalized spacial score (nSPS) is 28.6. The fourth-order valence-corrected chi connectivity index (χ4v) is 3.32. The Kier molecular flexibility index (Phi) is 4.34. The maximum atomic E-state index is 6.56. The van der Waals surface area contributed by atoms with Crippen molar-refractivity contribution in [3.8, 4) is 0 Å². The smallest absolute Gasteiger partial charge is 0.0408 e. The van der Waals surface area contributed by atoms with Crippen molar-refractivity contribution in [3.05, 3.63) is 34.9 Å². The lowest BCUT2D eigenvalue weighted by Crippen LogP contribution is -2.45. The van der Waals surface area contributed by atoms with Crippen LogP contribution in [0, 0.1) is 11.8 Å². The van der Waals surface area contributed by atoms with E-state index in [-0.39, 0.29) is 5.54 Å². The number of hydrogen-bond acceptors (Lipinski definition) is 1. The molecule has 1 saturated carbocycles. The van der Waals surface area contributed by atoms with Crippen LogP contribution in [0.15, 0.2) is 24.3 Å². The molecule has 0 aliphatic heterocycles. The molecule has 0 heterocycles. The van der Waals surface area contributed by atoms with E-state index in [9.17, 15) is 0 Å². The third kappa shape index (κ3) is 3.49. The molecule has 2 rings (SSSR count). The van der Waals surface area contributed by atoms with Crippen LogP contribution < -0.4 is 5.73 Å². The monoisotopic (exact) mass is 265 g/mol. The molecule has 0 bridgehead atoms. The van der Waals surface area contributed by atoms with Crippen LogP contribution in [-0.2, 0) is 6.42 Å². The molecule has 2 N–H and O–H groups in total. The topological polar surface area (TPSA) is 26.0 Å². The molecule has 1 aromatic carbocycles. The van der Waals surface area contributed by atoms with Crippen LogP contribution in [0.5, 0.6) is 0 Å². The van der Waals surface area contributed by atoms with E-state index < -0.39 is 0 Å². The molecule has 0 saturated heterocycles. The van der Waals surface area contributed by atoms with Gasteiger partial charge < -0.3 is 5.73 Å². The van der Waals surface area contributed by atoms with Gasteiger partial charge in [0.05, 0.1) is 0 Å². The zero-order valence-corrected chi connectivity index (χ0v) is 12.2. The lowest BCUT2D eigenvalue weighted by Gasteiger charge is -2.38. The van der Waals surface area contributed by atoms with E-state index >= 15 is 0 Å². The van der Waals surface area contributed by atoms with Crippen molar-refractivity contribution in [1.82, 2.24) is 0 Å². The zero-order valence-electron chi connectivity index (χ0n) is 11.5. The van der Waals surface area contributed by atoms with Gasteiger partial charge in [-0.3, -0.25) is 0 Å². The lowest BCUT2D eigenvalue weighted by molar-refractivity contribution is 0.194. The van der Waals surface area contributed by atoms with E-state index in [1.807, 2.05) is 18.2 Å². The zero-order chi connectivity index (χ0) is 13.2. The number of rotatable bonds is 3. The second-order valence-electron chi connectivity index (χ2n) is 6.25. The van der Waals surface area contributed by atoms with Gasteiger partial charge in [-0.2, -0.15) is 0 Å². The summed E-state index contributed by atoms with van der Waals surface area (Å²) in [6.45, 7) is 4.65. The summed E-state index contributed by atoms with van der Waals surface area (Å²) in [7, 11) is 0. The average Bonchev–Trinajstić information content (AvgIpc) is 2.29. The third-order valence-corrected chi connectivity index (χ3v) is 4.65. The molecule has 1 fully saturated rings. The van der Waals surface area contributed by atoms with Gasteiger partial charge >= 0.3 is 0 Å². The molecule has 1 aliphatic rings. The molecule has 0 amide bonds. The van der Waals surface area contributed by atoms with Gasteiger partial charge in [0.15, 0.2) is 0 Å². The molecule has 1 aromatic rings. The first-order valence-electron chi connectivity index (χ1n) is 7.02. The van der Waals surface area contributed by atoms with Gasteiger partial charge in [-0.25, -0.2) is 0 Å². The maximum absolute atomic E-state index is 6.56. The van der Waals surface area contributed by atoms with Crippen molar-refractivity contribution in [3.63, 3.8) is 0 Å². The van der Waals surface area contributed by atoms with Crippen LogP contribution in [0.2, 0.25) is 5.02 Å². The van der Waals surface area contributed by atoms with Crippen molar-refractivity contribution in [1.29, 1.82) is 0 Å². The van der Waals surface area contributed by atoms with Crippen molar-refractivity contribution >= 4 is 11.6 Å². The van der Waals surface area contributed by atoms with Crippen LogP contribution >= 0.6 is 11.6 Å². The van der Waals surface area contributed by atoms with E-state index in [2.05, 4.69) is 19.9 Å². The predicted molar refractivity (Wildman–Crippen MR) is 78.9 cm³/mol. The largest absolute Gasteiger partial charge is 0.325 e. The second-order valence-corrected chi connectivity index (χ2v) is 6.69. The Labute approximate surface area is 116 Å². The van der Waals surface area contributed by atoms with Crippen molar-refractivity contribution < 1.29 is 0 Å². The van der Waals surface area contributed by atoms with Gasteiger partial charge in [0, 0.05) is 10.6 Å². The Morgan fingerprint density at radius 3 is 2.56 bits per heavy atom.